The van der Waals surface area contributed by atoms with E-state index < -0.39 is 5.91 Å². The van der Waals surface area contributed by atoms with Gasteiger partial charge in [0.25, 0.3) is 11.8 Å². The Labute approximate surface area is 193 Å². The van der Waals surface area contributed by atoms with Crippen molar-refractivity contribution >= 4 is 39.6 Å². The Hall–Kier alpha value is -4.73. The van der Waals surface area contributed by atoms with E-state index in [1.807, 2.05) is 47.4 Å². The second-order valence-corrected chi connectivity index (χ2v) is 8.23. The normalized spacial score (nSPS) is 15.4. The van der Waals surface area contributed by atoms with Crippen LogP contribution in [0.25, 0.3) is 21.9 Å². The topological polar surface area (TPSA) is 146 Å². The number of nitrogens with two attached hydrogens (primary N) is 1. The molecule has 0 saturated heterocycles. The monoisotopic (exact) mass is 452 g/mol. The molecule has 0 aliphatic carbocycles. The number of hydrogen-bond acceptors (Lipinski definition) is 6. The minimum Gasteiger partial charge on any atom is -0.366 e. The molecule has 0 fully saturated rings. The third-order valence-electron chi connectivity index (χ3n) is 6.24. The van der Waals surface area contributed by atoms with Crippen molar-refractivity contribution in [1.82, 2.24) is 30.0 Å². The van der Waals surface area contributed by atoms with Gasteiger partial charge in [-0.15, -0.1) is 0 Å². The lowest BCUT2D eigenvalue weighted by Gasteiger charge is -2.35. The van der Waals surface area contributed by atoms with Crippen LogP contribution < -0.4 is 11.1 Å². The maximum absolute atomic E-state index is 13.6. The molecule has 1 aliphatic rings. The van der Waals surface area contributed by atoms with Gasteiger partial charge in [0.2, 0.25) is 0 Å². The molecule has 1 atom stereocenters. The molecule has 0 spiro atoms. The van der Waals surface area contributed by atoms with Crippen LogP contribution in [0.2, 0.25) is 0 Å². The quantitative estimate of drug-likeness (QED) is 0.330. The molecule has 1 aliphatic heterocycles. The number of H-pyrrole nitrogens is 2. The Bertz CT molecular complexity index is 1570. The minimum atomic E-state index is -0.571. The van der Waals surface area contributed by atoms with E-state index in [1.165, 1.54) is 12.5 Å². The zero-order chi connectivity index (χ0) is 23.2. The highest BCUT2D eigenvalue weighted by Crippen LogP contribution is 2.33. The number of anilines is 1. The summed E-state index contributed by atoms with van der Waals surface area (Å²) in [4.78, 5) is 38.9. The molecule has 0 bridgehead atoms. The average molecular weight is 452 g/mol. The van der Waals surface area contributed by atoms with Crippen LogP contribution in [0.15, 0.2) is 61.2 Å². The van der Waals surface area contributed by atoms with Gasteiger partial charge in [-0.3, -0.25) is 14.7 Å². The Morgan fingerprint density at radius 1 is 1.09 bits per heavy atom. The number of hydrogen-bond donors (Lipinski definition) is 4. The van der Waals surface area contributed by atoms with Crippen LogP contribution in [-0.2, 0) is 6.54 Å². The summed E-state index contributed by atoms with van der Waals surface area (Å²) in [5.41, 5.74) is 9.89. The number of carbonyl (C=O) groups excluding carboxylic acids is 2. The molecule has 3 aromatic heterocycles. The van der Waals surface area contributed by atoms with Gasteiger partial charge in [0, 0.05) is 24.7 Å². The predicted molar refractivity (Wildman–Crippen MR) is 126 cm³/mol. The second-order valence-electron chi connectivity index (χ2n) is 8.23. The van der Waals surface area contributed by atoms with Crippen LogP contribution in [-0.4, -0.2) is 48.4 Å². The zero-order valence-corrected chi connectivity index (χ0v) is 17.9. The van der Waals surface area contributed by atoms with Crippen molar-refractivity contribution in [2.75, 3.05) is 11.9 Å². The number of benzene rings is 2. The number of primary amides is 1. The fourth-order valence-electron chi connectivity index (χ4n) is 4.64. The van der Waals surface area contributed by atoms with Crippen molar-refractivity contribution in [3.05, 3.63) is 83.4 Å². The summed E-state index contributed by atoms with van der Waals surface area (Å²) in [5, 5.41) is 11.7. The molecule has 168 valence electrons. The van der Waals surface area contributed by atoms with Crippen LogP contribution in [0, 0.1) is 0 Å². The summed E-state index contributed by atoms with van der Waals surface area (Å²) in [7, 11) is 0. The van der Waals surface area contributed by atoms with E-state index in [1.54, 1.807) is 6.20 Å². The molecule has 2 aromatic carbocycles. The van der Waals surface area contributed by atoms with Crippen LogP contribution in [0.1, 0.15) is 37.9 Å². The molecule has 5 aromatic rings. The van der Waals surface area contributed by atoms with E-state index in [2.05, 4.69) is 30.5 Å². The second kappa shape index (κ2) is 7.69. The summed E-state index contributed by atoms with van der Waals surface area (Å²) < 4.78 is 0. The van der Waals surface area contributed by atoms with Gasteiger partial charge in [0.15, 0.2) is 0 Å². The number of nitrogens with one attached hydrogen (secondary N) is 3. The predicted octanol–water partition coefficient (Wildman–Crippen LogP) is 2.74. The van der Waals surface area contributed by atoms with Gasteiger partial charge >= 0.3 is 0 Å². The smallest absolute Gasteiger partial charge is 0.254 e. The highest BCUT2D eigenvalue weighted by molar-refractivity contribution is 6.09. The molecule has 0 saturated carbocycles. The zero-order valence-electron chi connectivity index (χ0n) is 17.9. The van der Waals surface area contributed by atoms with E-state index in [0.717, 1.165) is 22.0 Å². The van der Waals surface area contributed by atoms with Gasteiger partial charge in [-0.05, 0) is 23.3 Å². The number of carbonyl (C=O) groups is 2. The maximum Gasteiger partial charge on any atom is 0.254 e. The first-order chi connectivity index (χ1) is 16.6. The summed E-state index contributed by atoms with van der Waals surface area (Å²) in [6.07, 6.45) is 4.62. The van der Waals surface area contributed by atoms with E-state index in [9.17, 15) is 9.59 Å². The largest absolute Gasteiger partial charge is 0.366 e. The van der Waals surface area contributed by atoms with Crippen LogP contribution >= 0.6 is 0 Å². The highest BCUT2D eigenvalue weighted by Gasteiger charge is 2.30. The Kier molecular flexibility index (Phi) is 4.51. The number of aromatic amines is 2. The first-order valence-electron chi connectivity index (χ1n) is 10.8. The third-order valence-corrected chi connectivity index (χ3v) is 6.24. The average Bonchev–Trinajstić information content (AvgIpc) is 3.51. The van der Waals surface area contributed by atoms with Crippen molar-refractivity contribution in [1.29, 1.82) is 0 Å². The van der Waals surface area contributed by atoms with Crippen molar-refractivity contribution in [2.24, 2.45) is 5.73 Å². The van der Waals surface area contributed by atoms with Gasteiger partial charge in [0.05, 0.1) is 34.3 Å². The Morgan fingerprint density at radius 2 is 1.97 bits per heavy atom. The van der Waals surface area contributed by atoms with Crippen molar-refractivity contribution in [3.8, 4) is 0 Å². The Morgan fingerprint density at radius 3 is 2.85 bits per heavy atom. The number of nitrogens with zero attached hydrogens (tertiary/aromatic N) is 4. The fourth-order valence-corrected chi connectivity index (χ4v) is 4.64. The van der Waals surface area contributed by atoms with Gasteiger partial charge in [-0.2, -0.15) is 5.10 Å². The molecule has 34 heavy (non-hydrogen) atoms. The SMILES string of the molecule is NC(=O)c1c[nH]c2ncnc(NC3CN(C(=O)c4cccc5[nH]ncc45)Cc4ccccc43)c12. The van der Waals surface area contributed by atoms with Gasteiger partial charge in [-0.1, -0.05) is 30.3 Å². The third kappa shape index (κ3) is 3.15. The summed E-state index contributed by atoms with van der Waals surface area (Å²) in [6, 6.07) is 13.3. The molecule has 0 radical (unpaired) electrons. The number of rotatable bonds is 4. The lowest BCUT2D eigenvalue weighted by Crippen LogP contribution is -2.40. The molecular weight excluding hydrogens is 432 g/mol. The molecular formula is C24H20N8O2. The standard InChI is InChI=1S/C24H20N8O2/c25-21(33)17-8-26-22-20(17)23(28-12-27-22)30-19-11-32(10-13-4-1-2-5-14(13)19)24(34)15-6-3-7-18-16(15)9-29-31-18/h1-9,12,19H,10-11H2,(H2,25,33)(H,29,31)(H2,26,27,28,30). The molecule has 5 N–H and O–H groups in total. The Balaban J connectivity index is 1.39. The van der Waals surface area contributed by atoms with Gasteiger partial charge in [0.1, 0.15) is 17.8 Å². The van der Waals surface area contributed by atoms with E-state index in [4.69, 9.17) is 5.73 Å². The number of fused-ring (bicyclic) bond motifs is 3. The molecule has 4 heterocycles. The van der Waals surface area contributed by atoms with Crippen molar-refractivity contribution in [3.63, 3.8) is 0 Å². The first-order valence-corrected chi connectivity index (χ1v) is 10.8. The van der Waals surface area contributed by atoms with E-state index in [0.29, 0.717) is 41.1 Å². The summed E-state index contributed by atoms with van der Waals surface area (Å²) in [5.74, 6) is -0.176. The lowest BCUT2D eigenvalue weighted by molar-refractivity contribution is 0.0724. The molecule has 1 unspecified atom stereocenters. The molecule has 10 heteroatoms. The van der Waals surface area contributed by atoms with Crippen molar-refractivity contribution < 1.29 is 9.59 Å². The minimum absolute atomic E-state index is 0.0828. The van der Waals surface area contributed by atoms with Crippen molar-refractivity contribution in [2.45, 2.75) is 12.6 Å². The van der Waals surface area contributed by atoms with Crippen LogP contribution in [0.3, 0.4) is 0 Å². The van der Waals surface area contributed by atoms with Gasteiger partial charge in [-0.25, -0.2) is 9.97 Å². The van der Waals surface area contributed by atoms with E-state index >= 15 is 0 Å². The van der Waals surface area contributed by atoms with E-state index in [-0.39, 0.29) is 11.9 Å². The highest BCUT2D eigenvalue weighted by atomic mass is 16.2. The van der Waals surface area contributed by atoms with Crippen LogP contribution in [0.5, 0.6) is 0 Å². The summed E-state index contributed by atoms with van der Waals surface area (Å²) >= 11 is 0. The molecule has 10 nitrogen and oxygen atoms in total. The van der Waals surface area contributed by atoms with Crippen LogP contribution in [0.4, 0.5) is 5.82 Å². The number of aromatic nitrogens is 5. The maximum atomic E-state index is 13.6. The summed E-state index contributed by atoms with van der Waals surface area (Å²) in [6.45, 7) is 0.892. The molecule has 6 rings (SSSR count). The fraction of sp³-hybridized carbons (Fsp3) is 0.125. The van der Waals surface area contributed by atoms with Gasteiger partial charge < -0.3 is 20.9 Å². The number of amides is 2. The molecule has 2 amide bonds. The first kappa shape index (κ1) is 19.9. The lowest BCUT2D eigenvalue weighted by atomic mass is 9.94.